The number of amides is 1. The topological polar surface area (TPSA) is 115 Å². The molecule has 1 fully saturated rings. The number of aromatic nitrogens is 1. The molecule has 0 spiro atoms. The van der Waals surface area contributed by atoms with E-state index in [4.69, 9.17) is 10.5 Å². The third kappa shape index (κ3) is 2.91. The van der Waals surface area contributed by atoms with Gasteiger partial charge in [0.1, 0.15) is 16.2 Å². The van der Waals surface area contributed by atoms with E-state index < -0.39 is 17.4 Å². The summed E-state index contributed by atoms with van der Waals surface area (Å²) in [6.45, 7) is 0.894. The maximum Gasteiger partial charge on any atom is 0.329 e. The predicted molar refractivity (Wildman–Crippen MR) is 67.9 cm³/mol. The van der Waals surface area contributed by atoms with Crippen LogP contribution < -0.4 is 11.1 Å². The molecule has 1 aliphatic rings. The van der Waals surface area contributed by atoms with Gasteiger partial charge >= 0.3 is 5.97 Å². The molecule has 7 nitrogen and oxygen atoms in total. The summed E-state index contributed by atoms with van der Waals surface area (Å²) in [5.74, 6) is -1.53. The van der Waals surface area contributed by atoms with E-state index in [1.54, 1.807) is 5.38 Å². The van der Waals surface area contributed by atoms with Crippen LogP contribution in [0.1, 0.15) is 28.3 Å². The Morgan fingerprint density at radius 3 is 2.74 bits per heavy atom. The second-order valence-electron chi connectivity index (χ2n) is 4.28. The summed E-state index contributed by atoms with van der Waals surface area (Å²) in [4.78, 5) is 27.5. The molecule has 104 valence electrons. The predicted octanol–water partition coefficient (Wildman–Crippen LogP) is -0.0346. The van der Waals surface area contributed by atoms with Crippen molar-refractivity contribution in [2.75, 3.05) is 13.2 Å². The maximum absolute atomic E-state index is 12.0. The Hall–Kier alpha value is -1.51. The molecule has 1 aliphatic heterocycles. The minimum Gasteiger partial charge on any atom is -0.480 e. The van der Waals surface area contributed by atoms with Crippen LogP contribution in [-0.4, -0.2) is 40.7 Å². The fraction of sp³-hybridized carbons (Fsp3) is 0.545. The van der Waals surface area contributed by atoms with Crippen LogP contribution in [0.2, 0.25) is 0 Å². The van der Waals surface area contributed by atoms with Crippen molar-refractivity contribution in [1.29, 1.82) is 0 Å². The van der Waals surface area contributed by atoms with Crippen molar-refractivity contribution in [2.45, 2.75) is 24.9 Å². The van der Waals surface area contributed by atoms with Crippen LogP contribution in [-0.2, 0) is 16.1 Å². The Bertz CT molecular complexity index is 482. The lowest BCUT2D eigenvalue weighted by atomic mass is 9.90. The van der Waals surface area contributed by atoms with E-state index >= 15 is 0 Å². The number of hydrogen-bond acceptors (Lipinski definition) is 6. The summed E-state index contributed by atoms with van der Waals surface area (Å²) >= 11 is 1.28. The van der Waals surface area contributed by atoms with Crippen LogP contribution in [0.25, 0.3) is 0 Å². The number of carbonyl (C=O) groups excluding carboxylic acids is 1. The molecule has 8 heteroatoms. The summed E-state index contributed by atoms with van der Waals surface area (Å²) in [5, 5.41) is 14.1. The normalized spacial score (nSPS) is 17.9. The van der Waals surface area contributed by atoms with Gasteiger partial charge in [0, 0.05) is 38.0 Å². The number of nitrogens with two attached hydrogens (primary N) is 1. The second-order valence-corrected chi connectivity index (χ2v) is 5.23. The lowest BCUT2D eigenvalue weighted by molar-refractivity contribution is -0.148. The molecule has 0 bridgehead atoms. The van der Waals surface area contributed by atoms with E-state index in [0.717, 1.165) is 0 Å². The van der Waals surface area contributed by atoms with E-state index in [2.05, 4.69) is 10.3 Å². The Balaban J connectivity index is 2.12. The van der Waals surface area contributed by atoms with Gasteiger partial charge in [-0.05, 0) is 0 Å². The number of rotatable bonds is 4. The third-order valence-corrected chi connectivity index (χ3v) is 3.94. The number of nitrogens with one attached hydrogen (secondary N) is 1. The molecule has 0 saturated carbocycles. The molecule has 0 aromatic carbocycles. The molecular weight excluding hydrogens is 270 g/mol. The molecule has 19 heavy (non-hydrogen) atoms. The minimum atomic E-state index is -1.26. The lowest BCUT2D eigenvalue weighted by Gasteiger charge is -2.33. The van der Waals surface area contributed by atoms with Crippen LogP contribution in [0.4, 0.5) is 0 Å². The first kappa shape index (κ1) is 13.9. The van der Waals surface area contributed by atoms with Gasteiger partial charge in [0.2, 0.25) is 0 Å². The Morgan fingerprint density at radius 1 is 1.53 bits per heavy atom. The first-order valence-corrected chi connectivity index (χ1v) is 6.73. The minimum absolute atomic E-state index is 0.206. The SMILES string of the molecule is NCc1nc(C(=O)NC2(C(=O)O)CCOCC2)cs1. The highest BCUT2D eigenvalue weighted by Gasteiger charge is 2.42. The number of carbonyl (C=O) groups is 2. The van der Waals surface area contributed by atoms with Crippen LogP contribution >= 0.6 is 11.3 Å². The first-order chi connectivity index (χ1) is 9.07. The largest absolute Gasteiger partial charge is 0.480 e. The number of carboxylic acids is 1. The molecule has 0 aliphatic carbocycles. The smallest absolute Gasteiger partial charge is 0.329 e. The van der Waals surface area contributed by atoms with Crippen molar-refractivity contribution in [1.82, 2.24) is 10.3 Å². The third-order valence-electron chi connectivity index (χ3n) is 3.07. The lowest BCUT2D eigenvalue weighted by Crippen LogP contribution is -2.57. The van der Waals surface area contributed by atoms with Gasteiger partial charge in [0.15, 0.2) is 0 Å². The number of thiazole rings is 1. The Kier molecular flexibility index (Phi) is 4.13. The Morgan fingerprint density at radius 2 is 2.21 bits per heavy atom. The number of nitrogens with zero attached hydrogens (tertiary/aromatic N) is 1. The molecule has 2 heterocycles. The number of ether oxygens (including phenoxy) is 1. The monoisotopic (exact) mass is 285 g/mol. The maximum atomic E-state index is 12.0. The molecule has 4 N–H and O–H groups in total. The van der Waals surface area contributed by atoms with E-state index in [9.17, 15) is 14.7 Å². The van der Waals surface area contributed by atoms with Crippen LogP contribution in [0.15, 0.2) is 5.38 Å². The summed E-state index contributed by atoms with van der Waals surface area (Å²) in [5.41, 5.74) is 4.37. The molecule has 0 atom stereocenters. The van der Waals surface area contributed by atoms with Gasteiger partial charge in [-0.2, -0.15) is 0 Å². The molecule has 0 unspecified atom stereocenters. The highest BCUT2D eigenvalue weighted by atomic mass is 32.1. The molecule has 1 saturated heterocycles. The number of aliphatic carboxylic acids is 1. The molecule has 0 radical (unpaired) electrons. The van der Waals surface area contributed by atoms with Gasteiger partial charge in [-0.1, -0.05) is 0 Å². The number of carboxylic acid groups (broad SMARTS) is 1. The van der Waals surface area contributed by atoms with Crippen molar-refractivity contribution in [2.24, 2.45) is 5.73 Å². The van der Waals surface area contributed by atoms with Crippen LogP contribution in [0.3, 0.4) is 0 Å². The zero-order valence-corrected chi connectivity index (χ0v) is 11.0. The van der Waals surface area contributed by atoms with Crippen molar-refractivity contribution in [3.8, 4) is 0 Å². The van der Waals surface area contributed by atoms with Crippen LogP contribution in [0.5, 0.6) is 0 Å². The van der Waals surface area contributed by atoms with Gasteiger partial charge in [0.25, 0.3) is 5.91 Å². The summed E-state index contributed by atoms with van der Waals surface area (Å²) in [6.07, 6.45) is 0.504. The summed E-state index contributed by atoms with van der Waals surface area (Å²) in [6, 6.07) is 0. The summed E-state index contributed by atoms with van der Waals surface area (Å²) < 4.78 is 5.14. The first-order valence-electron chi connectivity index (χ1n) is 5.85. The highest BCUT2D eigenvalue weighted by Crippen LogP contribution is 2.22. The van der Waals surface area contributed by atoms with Gasteiger partial charge in [-0.15, -0.1) is 11.3 Å². The van der Waals surface area contributed by atoms with E-state index in [0.29, 0.717) is 18.2 Å². The second kappa shape index (κ2) is 5.64. The average Bonchev–Trinajstić information content (AvgIpc) is 2.88. The molecule has 2 rings (SSSR count). The highest BCUT2D eigenvalue weighted by molar-refractivity contribution is 7.09. The van der Waals surface area contributed by atoms with E-state index in [-0.39, 0.29) is 25.1 Å². The fourth-order valence-electron chi connectivity index (χ4n) is 1.90. The van der Waals surface area contributed by atoms with E-state index in [1.165, 1.54) is 11.3 Å². The summed E-state index contributed by atoms with van der Waals surface area (Å²) in [7, 11) is 0. The zero-order chi connectivity index (χ0) is 13.9. The molecule has 1 aromatic heterocycles. The van der Waals surface area contributed by atoms with Gasteiger partial charge in [-0.3, -0.25) is 4.79 Å². The van der Waals surface area contributed by atoms with Gasteiger partial charge < -0.3 is 20.9 Å². The average molecular weight is 285 g/mol. The molecular formula is C11H15N3O4S. The van der Waals surface area contributed by atoms with Crippen molar-refractivity contribution in [3.63, 3.8) is 0 Å². The standard InChI is InChI=1S/C11H15N3O4S/c12-5-8-13-7(6-19-8)9(15)14-11(10(16)17)1-3-18-4-2-11/h6H,1-5,12H2,(H,14,15)(H,16,17). The zero-order valence-electron chi connectivity index (χ0n) is 10.2. The fourth-order valence-corrected chi connectivity index (χ4v) is 2.56. The van der Waals surface area contributed by atoms with Crippen molar-refractivity contribution < 1.29 is 19.4 Å². The quantitative estimate of drug-likeness (QED) is 0.715. The molecule has 1 aromatic rings. The van der Waals surface area contributed by atoms with Crippen molar-refractivity contribution in [3.05, 3.63) is 16.1 Å². The number of hydrogen-bond donors (Lipinski definition) is 3. The molecule has 1 amide bonds. The van der Waals surface area contributed by atoms with Crippen LogP contribution in [0, 0.1) is 0 Å². The van der Waals surface area contributed by atoms with Gasteiger partial charge in [-0.25, -0.2) is 9.78 Å². The van der Waals surface area contributed by atoms with E-state index in [1.807, 2.05) is 0 Å². The van der Waals surface area contributed by atoms with Crippen molar-refractivity contribution >= 4 is 23.2 Å². The Labute approximate surface area is 113 Å². The van der Waals surface area contributed by atoms with Gasteiger partial charge in [0.05, 0.1) is 0 Å².